The molecule has 0 saturated carbocycles. The van der Waals surface area contributed by atoms with Gasteiger partial charge in [0, 0.05) is 29.3 Å². The molecule has 0 aliphatic carbocycles. The van der Waals surface area contributed by atoms with Gasteiger partial charge in [0.25, 0.3) is 0 Å². The zero-order valence-electron chi connectivity index (χ0n) is 15.9. The second-order valence-electron chi connectivity index (χ2n) is 6.59. The van der Waals surface area contributed by atoms with E-state index in [9.17, 15) is 4.39 Å². The second-order valence-corrected chi connectivity index (χ2v) is 6.59. The third kappa shape index (κ3) is 3.39. The number of halogens is 1. The lowest BCUT2D eigenvalue weighted by atomic mass is 9.91. The van der Waals surface area contributed by atoms with Crippen molar-refractivity contribution >= 4 is 10.9 Å². The molecule has 0 amide bonds. The highest BCUT2D eigenvalue weighted by Crippen LogP contribution is 2.41. The molecule has 3 nitrogen and oxygen atoms in total. The van der Waals surface area contributed by atoms with Gasteiger partial charge in [-0.3, -0.25) is 4.98 Å². The molecular weight excluding hydrogens is 351 g/mol. The van der Waals surface area contributed by atoms with E-state index in [2.05, 4.69) is 4.98 Å². The lowest BCUT2D eigenvalue weighted by Crippen LogP contribution is -2.07. The monoisotopic (exact) mass is 372 g/mol. The number of pyridine rings is 2. The van der Waals surface area contributed by atoms with Crippen LogP contribution < -0.4 is 0 Å². The summed E-state index contributed by atoms with van der Waals surface area (Å²) in [5, 5.41) is 0.741. The van der Waals surface area contributed by atoms with Gasteiger partial charge >= 0.3 is 0 Å². The molecule has 28 heavy (non-hydrogen) atoms. The Balaban J connectivity index is 2.15. The van der Waals surface area contributed by atoms with Crippen molar-refractivity contribution in [3.63, 3.8) is 0 Å². The van der Waals surface area contributed by atoms with Crippen LogP contribution in [0.1, 0.15) is 25.6 Å². The molecule has 1 unspecified atom stereocenters. The summed E-state index contributed by atoms with van der Waals surface area (Å²) >= 11 is 0. The average Bonchev–Trinajstić information content (AvgIpc) is 2.74. The van der Waals surface area contributed by atoms with Crippen LogP contribution in [-0.4, -0.2) is 16.6 Å². The Bertz CT molecular complexity index is 1100. The quantitative estimate of drug-likeness (QED) is 0.418. The molecule has 2 aromatic carbocycles. The molecule has 0 fully saturated rings. The number of nitrogens with zero attached hydrogens (tertiary/aromatic N) is 2. The molecule has 0 aliphatic rings. The highest BCUT2D eigenvalue weighted by atomic mass is 19.1. The van der Waals surface area contributed by atoms with E-state index in [4.69, 9.17) is 9.72 Å². The molecule has 2 aromatic heterocycles. The molecule has 0 aliphatic heterocycles. The Morgan fingerprint density at radius 3 is 2.46 bits per heavy atom. The van der Waals surface area contributed by atoms with Crippen molar-refractivity contribution in [3.8, 4) is 22.4 Å². The second kappa shape index (κ2) is 7.87. The summed E-state index contributed by atoms with van der Waals surface area (Å²) in [5.41, 5.74) is 5.14. The maximum absolute atomic E-state index is 14.2. The topological polar surface area (TPSA) is 35.0 Å². The van der Waals surface area contributed by atoms with E-state index in [0.29, 0.717) is 6.61 Å². The Hall–Kier alpha value is -3.11. The molecule has 4 rings (SSSR count). The van der Waals surface area contributed by atoms with Gasteiger partial charge in [0.1, 0.15) is 5.82 Å². The number of fused-ring (bicyclic) bond motifs is 1. The van der Waals surface area contributed by atoms with Crippen molar-refractivity contribution in [2.24, 2.45) is 0 Å². The lowest BCUT2D eigenvalue weighted by molar-refractivity contribution is 0.0740. The Labute approximate surface area is 163 Å². The maximum Gasteiger partial charge on any atom is 0.123 e. The van der Waals surface area contributed by atoms with E-state index >= 15 is 0 Å². The molecule has 4 heteroatoms. The number of hydrogen-bond acceptors (Lipinski definition) is 3. The third-order valence-corrected chi connectivity index (χ3v) is 4.76. The molecule has 0 N–H and O–H groups in total. The van der Waals surface area contributed by atoms with Gasteiger partial charge in [-0.1, -0.05) is 36.4 Å². The van der Waals surface area contributed by atoms with E-state index in [-0.39, 0.29) is 11.9 Å². The van der Waals surface area contributed by atoms with Crippen LogP contribution in [0.15, 0.2) is 72.9 Å². The Kier molecular flexibility index (Phi) is 5.13. The molecule has 0 saturated heterocycles. The van der Waals surface area contributed by atoms with Crippen LogP contribution >= 0.6 is 0 Å². The fraction of sp³-hybridized carbons (Fsp3) is 0.167. The van der Waals surface area contributed by atoms with E-state index in [0.717, 1.165) is 39.0 Å². The smallest absolute Gasteiger partial charge is 0.123 e. The molecule has 140 valence electrons. The summed E-state index contributed by atoms with van der Waals surface area (Å²) in [6.45, 7) is 4.54. The SMILES string of the molecule is CCOC(C)c1nc2ccc(F)cc2c(-c2ccccn2)c1-c1ccccc1. The molecule has 0 spiro atoms. The number of benzene rings is 2. The standard InChI is InChI=1S/C24H21FN2O/c1-3-28-16(2)24-22(17-9-5-4-6-10-17)23(21-11-7-8-14-26-21)19-15-18(25)12-13-20(19)27-24/h4-16H,3H2,1-2H3. The summed E-state index contributed by atoms with van der Waals surface area (Å²) in [4.78, 5) is 9.45. The first-order valence-corrected chi connectivity index (χ1v) is 9.40. The van der Waals surface area contributed by atoms with Gasteiger partial charge in [0.2, 0.25) is 0 Å². The Morgan fingerprint density at radius 2 is 1.75 bits per heavy atom. The molecular formula is C24H21FN2O. The summed E-state index contributed by atoms with van der Waals surface area (Å²) in [6.07, 6.45) is 1.54. The van der Waals surface area contributed by atoms with Gasteiger partial charge in [-0.2, -0.15) is 0 Å². The highest BCUT2D eigenvalue weighted by molar-refractivity contribution is 6.02. The van der Waals surface area contributed by atoms with Crippen LogP contribution in [0.3, 0.4) is 0 Å². The number of hydrogen-bond donors (Lipinski definition) is 0. The Morgan fingerprint density at radius 1 is 0.964 bits per heavy atom. The third-order valence-electron chi connectivity index (χ3n) is 4.76. The summed E-state index contributed by atoms with van der Waals surface area (Å²) in [6, 6.07) is 20.5. The minimum absolute atomic E-state index is 0.211. The minimum atomic E-state index is -0.295. The highest BCUT2D eigenvalue weighted by Gasteiger charge is 2.22. The first kappa shape index (κ1) is 18.3. The van der Waals surface area contributed by atoms with Crippen molar-refractivity contribution in [3.05, 3.63) is 84.4 Å². The van der Waals surface area contributed by atoms with Crippen LogP contribution in [0, 0.1) is 5.82 Å². The van der Waals surface area contributed by atoms with Crippen LogP contribution in [0.2, 0.25) is 0 Å². The number of ether oxygens (including phenoxy) is 1. The number of aromatic nitrogens is 2. The van der Waals surface area contributed by atoms with Gasteiger partial charge in [-0.25, -0.2) is 9.37 Å². The van der Waals surface area contributed by atoms with Gasteiger partial charge in [0.05, 0.1) is 23.0 Å². The van der Waals surface area contributed by atoms with E-state index in [1.807, 2.05) is 62.4 Å². The van der Waals surface area contributed by atoms with Crippen molar-refractivity contribution in [1.82, 2.24) is 9.97 Å². The predicted molar refractivity (Wildman–Crippen MR) is 110 cm³/mol. The minimum Gasteiger partial charge on any atom is -0.372 e. The first-order valence-electron chi connectivity index (χ1n) is 9.40. The summed E-state index contributed by atoms with van der Waals surface area (Å²) < 4.78 is 20.1. The largest absolute Gasteiger partial charge is 0.372 e. The van der Waals surface area contributed by atoms with Gasteiger partial charge in [-0.15, -0.1) is 0 Å². The van der Waals surface area contributed by atoms with Crippen molar-refractivity contribution in [2.45, 2.75) is 20.0 Å². The normalized spacial score (nSPS) is 12.2. The predicted octanol–water partition coefficient (Wildman–Crippen LogP) is 6.20. The van der Waals surface area contributed by atoms with E-state index in [1.165, 1.54) is 12.1 Å². The van der Waals surface area contributed by atoms with Crippen LogP contribution in [0.4, 0.5) is 4.39 Å². The summed E-state index contributed by atoms with van der Waals surface area (Å²) in [5.74, 6) is -0.295. The fourth-order valence-corrected chi connectivity index (χ4v) is 3.55. The average molecular weight is 372 g/mol. The molecule has 0 bridgehead atoms. The van der Waals surface area contributed by atoms with Crippen LogP contribution in [0.25, 0.3) is 33.3 Å². The van der Waals surface area contributed by atoms with Crippen molar-refractivity contribution in [2.75, 3.05) is 6.61 Å². The van der Waals surface area contributed by atoms with E-state index in [1.54, 1.807) is 12.3 Å². The fourth-order valence-electron chi connectivity index (χ4n) is 3.55. The van der Waals surface area contributed by atoms with Crippen LogP contribution in [0.5, 0.6) is 0 Å². The molecule has 0 radical (unpaired) electrons. The molecule has 1 atom stereocenters. The number of rotatable bonds is 5. The van der Waals surface area contributed by atoms with Gasteiger partial charge in [-0.05, 0) is 49.7 Å². The zero-order chi connectivity index (χ0) is 19.5. The van der Waals surface area contributed by atoms with Gasteiger partial charge in [0.15, 0.2) is 0 Å². The summed E-state index contributed by atoms with van der Waals surface area (Å²) in [7, 11) is 0. The van der Waals surface area contributed by atoms with Gasteiger partial charge < -0.3 is 4.74 Å². The van der Waals surface area contributed by atoms with E-state index < -0.39 is 0 Å². The zero-order valence-corrected chi connectivity index (χ0v) is 15.9. The van der Waals surface area contributed by atoms with Crippen LogP contribution in [-0.2, 0) is 4.74 Å². The van der Waals surface area contributed by atoms with Crippen molar-refractivity contribution in [1.29, 1.82) is 0 Å². The molecule has 2 heterocycles. The lowest BCUT2D eigenvalue weighted by Gasteiger charge is -2.21. The van der Waals surface area contributed by atoms with Crippen molar-refractivity contribution < 1.29 is 9.13 Å². The maximum atomic E-state index is 14.2. The molecule has 4 aromatic rings. The first-order chi connectivity index (χ1) is 13.7.